The van der Waals surface area contributed by atoms with Crippen molar-refractivity contribution in [2.45, 2.75) is 46.1 Å². The van der Waals surface area contributed by atoms with Gasteiger partial charge in [0.1, 0.15) is 11.5 Å². The molecule has 0 aromatic carbocycles. The van der Waals surface area contributed by atoms with Crippen LogP contribution in [-0.4, -0.2) is 12.6 Å². The van der Waals surface area contributed by atoms with Crippen LogP contribution in [0.5, 0.6) is 0 Å². The Morgan fingerprint density at radius 1 is 1.59 bits per heavy atom. The Kier molecular flexibility index (Phi) is 3.72. The first-order chi connectivity index (χ1) is 8.11. The first kappa shape index (κ1) is 12.4. The second kappa shape index (κ2) is 5.09. The highest BCUT2D eigenvalue weighted by molar-refractivity contribution is 5.48. The molecule has 1 saturated carbocycles. The van der Waals surface area contributed by atoms with Crippen molar-refractivity contribution in [2.24, 2.45) is 5.92 Å². The van der Waals surface area contributed by atoms with Crippen LogP contribution < -0.4 is 5.32 Å². The van der Waals surface area contributed by atoms with Crippen molar-refractivity contribution in [3.05, 3.63) is 29.2 Å². The lowest BCUT2D eigenvalue weighted by atomic mass is 10.1. The van der Waals surface area contributed by atoms with Gasteiger partial charge >= 0.3 is 0 Å². The Labute approximate surface area is 104 Å². The molecule has 1 aromatic heterocycles. The van der Waals surface area contributed by atoms with E-state index in [9.17, 15) is 0 Å². The summed E-state index contributed by atoms with van der Waals surface area (Å²) in [5.74, 6) is 3.62. The Balaban J connectivity index is 2.02. The standard InChI is InChI=1S/C15H23NO/c1-5-16-12(4)10(2)8-13-6-7-15(17-13)14-9-11(14)3/h6-8,11-12,14,16H,5,9H2,1-4H3/b10-8+. The molecule has 2 heteroatoms. The van der Waals surface area contributed by atoms with Gasteiger partial charge in [-0.2, -0.15) is 0 Å². The van der Waals surface area contributed by atoms with Crippen LogP contribution in [0.4, 0.5) is 0 Å². The molecule has 0 radical (unpaired) electrons. The lowest BCUT2D eigenvalue weighted by Crippen LogP contribution is -2.26. The van der Waals surface area contributed by atoms with E-state index in [0.29, 0.717) is 12.0 Å². The van der Waals surface area contributed by atoms with Crippen LogP contribution >= 0.6 is 0 Å². The molecule has 0 amide bonds. The van der Waals surface area contributed by atoms with Gasteiger partial charge in [-0.3, -0.25) is 0 Å². The van der Waals surface area contributed by atoms with Gasteiger partial charge in [-0.1, -0.05) is 19.4 Å². The molecule has 17 heavy (non-hydrogen) atoms. The monoisotopic (exact) mass is 233 g/mol. The fourth-order valence-corrected chi connectivity index (χ4v) is 2.18. The van der Waals surface area contributed by atoms with Crippen molar-refractivity contribution in [2.75, 3.05) is 6.54 Å². The molecule has 0 spiro atoms. The topological polar surface area (TPSA) is 25.2 Å². The Morgan fingerprint density at radius 2 is 2.29 bits per heavy atom. The highest BCUT2D eigenvalue weighted by Gasteiger charge is 2.36. The normalized spacial score (nSPS) is 26.0. The second-order valence-electron chi connectivity index (χ2n) is 5.23. The van der Waals surface area contributed by atoms with Gasteiger partial charge in [0.25, 0.3) is 0 Å². The van der Waals surface area contributed by atoms with E-state index in [2.05, 4.69) is 51.2 Å². The average molecular weight is 233 g/mol. The van der Waals surface area contributed by atoms with Crippen LogP contribution in [0, 0.1) is 5.92 Å². The van der Waals surface area contributed by atoms with E-state index in [1.165, 1.54) is 12.0 Å². The molecule has 1 aromatic rings. The molecular weight excluding hydrogens is 210 g/mol. The van der Waals surface area contributed by atoms with Crippen LogP contribution in [0.15, 0.2) is 22.1 Å². The van der Waals surface area contributed by atoms with E-state index in [1.54, 1.807) is 0 Å². The van der Waals surface area contributed by atoms with Crippen molar-refractivity contribution in [3.63, 3.8) is 0 Å². The first-order valence-corrected chi connectivity index (χ1v) is 6.63. The molecule has 1 aliphatic carbocycles. The van der Waals surface area contributed by atoms with E-state index in [1.807, 2.05) is 0 Å². The van der Waals surface area contributed by atoms with Gasteiger partial charge in [-0.15, -0.1) is 0 Å². The lowest BCUT2D eigenvalue weighted by Gasteiger charge is -2.12. The molecule has 1 N–H and O–H groups in total. The van der Waals surface area contributed by atoms with Gasteiger partial charge in [-0.25, -0.2) is 0 Å². The van der Waals surface area contributed by atoms with Crippen molar-refractivity contribution in [3.8, 4) is 0 Å². The zero-order valence-corrected chi connectivity index (χ0v) is 11.3. The third kappa shape index (κ3) is 3.01. The van der Waals surface area contributed by atoms with Crippen LogP contribution in [0.3, 0.4) is 0 Å². The predicted molar refractivity (Wildman–Crippen MR) is 72.0 cm³/mol. The summed E-state index contributed by atoms with van der Waals surface area (Å²) in [4.78, 5) is 0. The minimum absolute atomic E-state index is 0.411. The lowest BCUT2D eigenvalue weighted by molar-refractivity contribution is 0.496. The summed E-state index contributed by atoms with van der Waals surface area (Å²) in [7, 11) is 0. The van der Waals surface area contributed by atoms with Gasteiger partial charge in [0.2, 0.25) is 0 Å². The molecule has 3 unspecified atom stereocenters. The smallest absolute Gasteiger partial charge is 0.127 e. The number of nitrogens with one attached hydrogen (secondary N) is 1. The molecule has 0 aliphatic heterocycles. The predicted octanol–water partition coefficient (Wildman–Crippen LogP) is 3.80. The maximum absolute atomic E-state index is 5.87. The van der Waals surface area contributed by atoms with E-state index in [0.717, 1.165) is 24.0 Å². The summed E-state index contributed by atoms with van der Waals surface area (Å²) in [6.07, 6.45) is 3.42. The van der Waals surface area contributed by atoms with E-state index < -0.39 is 0 Å². The zero-order valence-electron chi connectivity index (χ0n) is 11.3. The van der Waals surface area contributed by atoms with E-state index in [-0.39, 0.29) is 0 Å². The summed E-state index contributed by atoms with van der Waals surface area (Å²) < 4.78 is 5.87. The summed E-state index contributed by atoms with van der Waals surface area (Å²) >= 11 is 0. The van der Waals surface area contributed by atoms with Gasteiger partial charge in [-0.05, 0) is 50.9 Å². The van der Waals surface area contributed by atoms with Crippen molar-refractivity contribution in [1.82, 2.24) is 5.32 Å². The summed E-state index contributed by atoms with van der Waals surface area (Å²) in [5, 5.41) is 3.40. The van der Waals surface area contributed by atoms with Crippen LogP contribution in [0.1, 0.15) is 51.6 Å². The minimum Gasteiger partial charge on any atom is -0.461 e. The molecular formula is C15H23NO. The van der Waals surface area contributed by atoms with Crippen molar-refractivity contribution in [1.29, 1.82) is 0 Å². The first-order valence-electron chi connectivity index (χ1n) is 6.63. The second-order valence-corrected chi connectivity index (χ2v) is 5.23. The zero-order chi connectivity index (χ0) is 12.4. The highest BCUT2D eigenvalue weighted by Crippen LogP contribution is 2.47. The number of likely N-dealkylation sites (N-methyl/N-ethyl adjacent to an activating group) is 1. The quantitative estimate of drug-likeness (QED) is 0.836. The number of hydrogen-bond acceptors (Lipinski definition) is 2. The molecule has 1 fully saturated rings. The van der Waals surface area contributed by atoms with Gasteiger partial charge in [0.05, 0.1) is 0 Å². The fourth-order valence-electron chi connectivity index (χ4n) is 2.18. The fraction of sp³-hybridized carbons (Fsp3) is 0.600. The Hall–Kier alpha value is -1.02. The molecule has 94 valence electrons. The van der Waals surface area contributed by atoms with E-state index >= 15 is 0 Å². The molecule has 1 aliphatic rings. The molecule has 3 atom stereocenters. The average Bonchev–Trinajstić information content (AvgIpc) is 2.84. The molecule has 1 heterocycles. The molecule has 2 rings (SSSR count). The summed E-state index contributed by atoms with van der Waals surface area (Å²) in [6, 6.07) is 4.63. The maximum atomic E-state index is 5.87. The van der Waals surface area contributed by atoms with Gasteiger partial charge in [0.15, 0.2) is 0 Å². The summed E-state index contributed by atoms with van der Waals surface area (Å²) in [5.41, 5.74) is 1.32. The SMILES string of the molecule is CCNC(C)/C(C)=C/c1ccc(C2CC2C)o1. The van der Waals surface area contributed by atoms with E-state index in [4.69, 9.17) is 4.42 Å². The van der Waals surface area contributed by atoms with Crippen molar-refractivity contribution >= 4 is 6.08 Å². The Bertz CT molecular complexity index is 405. The molecule has 0 saturated heterocycles. The minimum atomic E-state index is 0.411. The number of rotatable bonds is 5. The van der Waals surface area contributed by atoms with Gasteiger partial charge < -0.3 is 9.73 Å². The molecule has 2 nitrogen and oxygen atoms in total. The molecule has 0 bridgehead atoms. The van der Waals surface area contributed by atoms with Gasteiger partial charge in [0, 0.05) is 12.0 Å². The van der Waals surface area contributed by atoms with Crippen LogP contribution in [-0.2, 0) is 0 Å². The van der Waals surface area contributed by atoms with Crippen LogP contribution in [0.2, 0.25) is 0 Å². The maximum Gasteiger partial charge on any atom is 0.127 e. The third-order valence-corrected chi connectivity index (χ3v) is 3.69. The largest absolute Gasteiger partial charge is 0.461 e. The number of furan rings is 1. The van der Waals surface area contributed by atoms with Crippen LogP contribution in [0.25, 0.3) is 6.08 Å². The third-order valence-electron chi connectivity index (χ3n) is 3.69. The Morgan fingerprint density at radius 3 is 2.88 bits per heavy atom. The summed E-state index contributed by atoms with van der Waals surface area (Å²) in [6.45, 7) is 9.73. The highest BCUT2D eigenvalue weighted by atomic mass is 16.3. The van der Waals surface area contributed by atoms with Crippen molar-refractivity contribution < 1.29 is 4.42 Å². The number of hydrogen-bond donors (Lipinski definition) is 1.